The molecule has 156 valence electrons. The molecule has 4 rings (SSSR count). The highest BCUT2D eigenvalue weighted by Gasteiger charge is 2.36. The van der Waals surface area contributed by atoms with Crippen LogP contribution < -0.4 is 10.2 Å². The molecule has 0 aliphatic carbocycles. The molecule has 0 unspecified atom stereocenters. The van der Waals surface area contributed by atoms with E-state index in [1.807, 2.05) is 4.90 Å². The van der Waals surface area contributed by atoms with Gasteiger partial charge in [-0.15, -0.1) is 0 Å². The van der Waals surface area contributed by atoms with Crippen molar-refractivity contribution in [2.24, 2.45) is 0 Å². The predicted octanol–water partition coefficient (Wildman–Crippen LogP) is 2.56. The van der Waals surface area contributed by atoms with Crippen LogP contribution in [0.25, 0.3) is 0 Å². The van der Waals surface area contributed by atoms with Crippen LogP contribution in [0, 0.1) is 5.82 Å². The number of nitrogens with one attached hydrogen (secondary N) is 1. The molecule has 2 aromatic carbocycles. The van der Waals surface area contributed by atoms with Crippen molar-refractivity contribution in [2.75, 3.05) is 30.4 Å². The number of ether oxygens (including phenoxy) is 1. The molecule has 0 spiro atoms. The second-order valence-corrected chi connectivity index (χ2v) is 7.49. The summed E-state index contributed by atoms with van der Waals surface area (Å²) in [4.78, 5) is 40.2. The minimum atomic E-state index is -0.664. The van der Waals surface area contributed by atoms with Crippen LogP contribution in [0.1, 0.15) is 28.8 Å². The third-order valence-electron chi connectivity index (χ3n) is 5.47. The summed E-state index contributed by atoms with van der Waals surface area (Å²) in [6, 6.07) is 11.0. The number of rotatable bonds is 5. The van der Waals surface area contributed by atoms with Gasteiger partial charge < -0.3 is 19.9 Å². The molecule has 8 heteroatoms. The zero-order valence-electron chi connectivity index (χ0n) is 16.6. The first-order valence-corrected chi connectivity index (χ1v) is 9.80. The standard InChI is InChI=1S/C22H22FN3O4/c1-25(12-15-5-2-3-6-16(15)23)20(27)13-30-22(29)14-8-9-18-17(11-14)24-21(28)19-7-4-10-26(18)19/h2-3,5-6,8-9,11,19H,4,7,10,12-13H2,1H3,(H,24,28)/t19-/m0/s1. The molecule has 30 heavy (non-hydrogen) atoms. The number of halogens is 1. The van der Waals surface area contributed by atoms with Gasteiger partial charge in [0.2, 0.25) is 5.91 Å². The Balaban J connectivity index is 1.37. The third-order valence-corrected chi connectivity index (χ3v) is 5.47. The number of likely N-dealkylation sites (N-methyl/N-ethyl adjacent to an activating group) is 1. The third kappa shape index (κ3) is 3.85. The van der Waals surface area contributed by atoms with Crippen molar-refractivity contribution in [3.63, 3.8) is 0 Å². The number of fused-ring (bicyclic) bond motifs is 3. The van der Waals surface area contributed by atoms with Gasteiger partial charge in [0.05, 0.1) is 16.9 Å². The number of carbonyl (C=O) groups is 3. The highest BCUT2D eigenvalue weighted by Crippen LogP contribution is 2.37. The maximum absolute atomic E-state index is 13.7. The van der Waals surface area contributed by atoms with Gasteiger partial charge in [-0.1, -0.05) is 18.2 Å². The molecule has 1 fully saturated rings. The Hall–Kier alpha value is -3.42. The fourth-order valence-electron chi connectivity index (χ4n) is 3.85. The van der Waals surface area contributed by atoms with Crippen LogP contribution in [0.5, 0.6) is 0 Å². The summed E-state index contributed by atoms with van der Waals surface area (Å²) >= 11 is 0. The van der Waals surface area contributed by atoms with Crippen LogP contribution in [0.3, 0.4) is 0 Å². The summed E-state index contributed by atoms with van der Waals surface area (Å²) in [6.07, 6.45) is 1.77. The van der Waals surface area contributed by atoms with Gasteiger partial charge in [-0.25, -0.2) is 9.18 Å². The Morgan fingerprint density at radius 1 is 1.27 bits per heavy atom. The Labute approximate surface area is 173 Å². The Morgan fingerprint density at radius 2 is 2.07 bits per heavy atom. The summed E-state index contributed by atoms with van der Waals surface area (Å²) in [5.41, 5.74) is 2.08. The molecule has 2 aliphatic heterocycles. The summed E-state index contributed by atoms with van der Waals surface area (Å²) < 4.78 is 18.9. The van der Waals surface area contributed by atoms with E-state index in [-0.39, 0.29) is 24.1 Å². The van der Waals surface area contributed by atoms with Crippen LogP contribution in [0.15, 0.2) is 42.5 Å². The number of esters is 1. The van der Waals surface area contributed by atoms with E-state index >= 15 is 0 Å². The topological polar surface area (TPSA) is 79.0 Å². The smallest absolute Gasteiger partial charge is 0.338 e. The van der Waals surface area contributed by atoms with Crippen molar-refractivity contribution in [1.82, 2.24) is 4.90 Å². The first-order chi connectivity index (χ1) is 14.4. The number of carbonyl (C=O) groups excluding carboxylic acids is 3. The fourth-order valence-corrected chi connectivity index (χ4v) is 3.85. The van der Waals surface area contributed by atoms with Crippen LogP contribution in [-0.4, -0.2) is 48.9 Å². The van der Waals surface area contributed by atoms with Gasteiger partial charge in [0.15, 0.2) is 6.61 Å². The lowest BCUT2D eigenvalue weighted by atomic mass is 10.1. The highest BCUT2D eigenvalue weighted by molar-refractivity contribution is 6.05. The van der Waals surface area contributed by atoms with Crippen LogP contribution in [0.2, 0.25) is 0 Å². The Morgan fingerprint density at radius 3 is 2.87 bits per heavy atom. The van der Waals surface area contributed by atoms with E-state index in [1.54, 1.807) is 36.4 Å². The largest absolute Gasteiger partial charge is 0.452 e. The number of hydrogen-bond acceptors (Lipinski definition) is 5. The molecule has 1 saturated heterocycles. The summed E-state index contributed by atoms with van der Waals surface area (Å²) in [5, 5.41) is 2.84. The predicted molar refractivity (Wildman–Crippen MR) is 109 cm³/mol. The molecule has 1 N–H and O–H groups in total. The van der Waals surface area contributed by atoms with Crippen molar-refractivity contribution in [3.8, 4) is 0 Å². The van der Waals surface area contributed by atoms with E-state index in [4.69, 9.17) is 4.74 Å². The number of anilines is 2. The van der Waals surface area contributed by atoms with E-state index < -0.39 is 24.3 Å². The SMILES string of the molecule is CN(Cc1ccccc1F)C(=O)COC(=O)c1ccc2c(c1)NC(=O)[C@@H]1CCCN21. The summed E-state index contributed by atoms with van der Waals surface area (Å²) in [5.74, 6) is -1.58. The lowest BCUT2D eigenvalue weighted by Crippen LogP contribution is -2.43. The van der Waals surface area contributed by atoms with Crippen molar-refractivity contribution >= 4 is 29.2 Å². The summed E-state index contributed by atoms with van der Waals surface area (Å²) in [7, 11) is 1.52. The Kier molecular flexibility index (Phi) is 5.39. The molecular formula is C22H22FN3O4. The summed E-state index contributed by atoms with van der Waals surface area (Å²) in [6.45, 7) is 0.421. The molecule has 0 radical (unpaired) electrons. The lowest BCUT2D eigenvalue weighted by molar-refractivity contribution is -0.133. The van der Waals surface area contributed by atoms with Gasteiger partial charge in [-0.05, 0) is 37.1 Å². The van der Waals surface area contributed by atoms with E-state index in [0.29, 0.717) is 11.3 Å². The minimum absolute atomic E-state index is 0.0736. The lowest BCUT2D eigenvalue weighted by Gasteiger charge is -2.33. The quantitative estimate of drug-likeness (QED) is 0.765. The number of amides is 2. The van der Waals surface area contributed by atoms with E-state index in [0.717, 1.165) is 25.1 Å². The zero-order valence-corrected chi connectivity index (χ0v) is 16.6. The fraction of sp³-hybridized carbons (Fsp3) is 0.318. The highest BCUT2D eigenvalue weighted by atomic mass is 19.1. The van der Waals surface area contributed by atoms with Crippen LogP contribution >= 0.6 is 0 Å². The number of nitrogens with zero attached hydrogens (tertiary/aromatic N) is 2. The maximum atomic E-state index is 13.7. The minimum Gasteiger partial charge on any atom is -0.452 e. The van der Waals surface area contributed by atoms with Crippen molar-refractivity contribution in [2.45, 2.75) is 25.4 Å². The van der Waals surface area contributed by atoms with Crippen molar-refractivity contribution < 1.29 is 23.5 Å². The zero-order chi connectivity index (χ0) is 21.3. The second-order valence-electron chi connectivity index (χ2n) is 7.49. The normalized spacial score (nSPS) is 17.1. The van der Waals surface area contributed by atoms with Gasteiger partial charge in [-0.2, -0.15) is 0 Å². The van der Waals surface area contributed by atoms with Crippen LogP contribution in [-0.2, 0) is 20.9 Å². The molecule has 2 amide bonds. The molecule has 0 aromatic heterocycles. The molecule has 0 saturated carbocycles. The molecule has 2 aromatic rings. The molecule has 1 atom stereocenters. The molecule has 7 nitrogen and oxygen atoms in total. The van der Waals surface area contributed by atoms with Gasteiger partial charge in [0, 0.05) is 25.7 Å². The molecule has 2 heterocycles. The molecule has 0 bridgehead atoms. The van der Waals surface area contributed by atoms with E-state index in [2.05, 4.69) is 5.32 Å². The van der Waals surface area contributed by atoms with Gasteiger partial charge in [0.25, 0.3) is 5.91 Å². The average molecular weight is 411 g/mol. The first-order valence-electron chi connectivity index (χ1n) is 9.80. The molecule has 2 aliphatic rings. The van der Waals surface area contributed by atoms with E-state index in [1.165, 1.54) is 18.0 Å². The first kappa shape index (κ1) is 19.9. The van der Waals surface area contributed by atoms with Gasteiger partial charge in [0.1, 0.15) is 11.9 Å². The Bertz CT molecular complexity index is 1010. The average Bonchev–Trinajstić information content (AvgIpc) is 3.24. The molecular weight excluding hydrogens is 389 g/mol. The number of benzene rings is 2. The second kappa shape index (κ2) is 8.14. The number of hydrogen-bond donors (Lipinski definition) is 1. The maximum Gasteiger partial charge on any atom is 0.338 e. The monoisotopic (exact) mass is 411 g/mol. The van der Waals surface area contributed by atoms with Crippen molar-refractivity contribution in [1.29, 1.82) is 0 Å². The van der Waals surface area contributed by atoms with Gasteiger partial charge in [-0.3, -0.25) is 9.59 Å². The van der Waals surface area contributed by atoms with E-state index in [9.17, 15) is 18.8 Å². The van der Waals surface area contributed by atoms with Crippen LogP contribution in [0.4, 0.5) is 15.8 Å². The van der Waals surface area contributed by atoms with Gasteiger partial charge >= 0.3 is 5.97 Å². The van der Waals surface area contributed by atoms with Crippen molar-refractivity contribution in [3.05, 3.63) is 59.4 Å².